The quantitative estimate of drug-likeness (QED) is 0.779. The van der Waals surface area contributed by atoms with Crippen LogP contribution in [0.25, 0.3) is 0 Å². The summed E-state index contributed by atoms with van der Waals surface area (Å²) in [6.07, 6.45) is 0. The molecule has 0 bridgehead atoms. The number of benzene rings is 1. The highest BCUT2D eigenvalue weighted by Gasteiger charge is 2.25. The smallest absolute Gasteiger partial charge is 0.309 e. The predicted molar refractivity (Wildman–Crippen MR) is 77.2 cm³/mol. The third-order valence-corrected chi connectivity index (χ3v) is 5.21. The number of halogens is 1. The molecule has 1 aromatic rings. The van der Waals surface area contributed by atoms with Gasteiger partial charge in [-0.2, -0.15) is 0 Å². The van der Waals surface area contributed by atoms with Crippen molar-refractivity contribution in [1.82, 2.24) is 4.31 Å². The van der Waals surface area contributed by atoms with Gasteiger partial charge in [0.1, 0.15) is 0 Å². The van der Waals surface area contributed by atoms with Crippen molar-refractivity contribution in [2.24, 2.45) is 5.92 Å². The van der Waals surface area contributed by atoms with Crippen LogP contribution < -0.4 is 0 Å². The molecule has 1 aromatic carbocycles. The van der Waals surface area contributed by atoms with Crippen molar-refractivity contribution in [3.8, 4) is 0 Å². The molecule has 0 aromatic heterocycles. The van der Waals surface area contributed by atoms with E-state index in [9.17, 15) is 13.2 Å². The van der Waals surface area contributed by atoms with Crippen molar-refractivity contribution in [2.45, 2.75) is 18.7 Å². The van der Waals surface area contributed by atoms with Gasteiger partial charge in [-0.3, -0.25) is 4.79 Å². The summed E-state index contributed by atoms with van der Waals surface area (Å²) in [7, 11) is -0.984. The molecule has 0 radical (unpaired) electrons. The van der Waals surface area contributed by atoms with Crippen LogP contribution in [0.2, 0.25) is 5.02 Å². The maximum atomic E-state index is 12.4. The molecule has 0 aliphatic rings. The molecule has 5 nitrogen and oxygen atoms in total. The van der Waals surface area contributed by atoms with E-state index in [1.54, 1.807) is 19.9 Å². The average molecular weight is 320 g/mol. The predicted octanol–water partition coefficient (Wildman–Crippen LogP) is 2.08. The van der Waals surface area contributed by atoms with Crippen LogP contribution >= 0.6 is 11.6 Å². The van der Waals surface area contributed by atoms with Crippen LogP contribution in [0.5, 0.6) is 0 Å². The van der Waals surface area contributed by atoms with Gasteiger partial charge in [0, 0.05) is 18.6 Å². The second-order valence-electron chi connectivity index (χ2n) is 4.62. The monoisotopic (exact) mass is 319 g/mol. The molecule has 0 fully saturated rings. The molecule has 1 atom stereocenters. The van der Waals surface area contributed by atoms with E-state index in [4.69, 9.17) is 11.6 Å². The zero-order valence-corrected chi connectivity index (χ0v) is 13.5. The van der Waals surface area contributed by atoms with Gasteiger partial charge in [0.15, 0.2) is 0 Å². The second-order valence-corrected chi connectivity index (χ2v) is 7.07. The lowest BCUT2D eigenvalue weighted by Gasteiger charge is -2.20. The van der Waals surface area contributed by atoms with Crippen molar-refractivity contribution in [3.63, 3.8) is 0 Å². The molecule has 0 heterocycles. The first-order valence-electron chi connectivity index (χ1n) is 6.00. The van der Waals surface area contributed by atoms with Gasteiger partial charge in [0.2, 0.25) is 10.0 Å². The summed E-state index contributed by atoms with van der Waals surface area (Å²) in [6, 6.07) is 4.55. The van der Waals surface area contributed by atoms with Gasteiger partial charge < -0.3 is 4.74 Å². The summed E-state index contributed by atoms with van der Waals surface area (Å²) in [6.45, 7) is 3.45. The van der Waals surface area contributed by atoms with Crippen LogP contribution in [0.4, 0.5) is 0 Å². The van der Waals surface area contributed by atoms with Crippen molar-refractivity contribution >= 4 is 27.6 Å². The van der Waals surface area contributed by atoms with Crippen LogP contribution in [0.3, 0.4) is 0 Å². The lowest BCUT2D eigenvalue weighted by molar-refractivity contribution is -0.144. The van der Waals surface area contributed by atoms with Gasteiger partial charge in [0.05, 0.1) is 17.9 Å². The minimum atomic E-state index is -3.67. The number of hydrogen-bond acceptors (Lipinski definition) is 4. The van der Waals surface area contributed by atoms with E-state index in [1.165, 1.54) is 26.3 Å². The standard InChI is InChI=1S/C13H18ClNO4S/c1-9-5-6-11(7-12(9)14)20(17,18)15(3)8-10(2)13(16)19-4/h5-7,10H,8H2,1-4H3. The fourth-order valence-corrected chi connectivity index (χ4v) is 3.21. The zero-order valence-electron chi connectivity index (χ0n) is 11.9. The van der Waals surface area contributed by atoms with Crippen LogP contribution in [0.15, 0.2) is 23.1 Å². The number of carbonyl (C=O) groups excluding carboxylic acids is 1. The molecule has 7 heteroatoms. The Morgan fingerprint density at radius 3 is 2.55 bits per heavy atom. The zero-order chi connectivity index (χ0) is 15.5. The van der Waals surface area contributed by atoms with E-state index in [1.807, 2.05) is 0 Å². The summed E-state index contributed by atoms with van der Waals surface area (Å²) in [5.41, 5.74) is 0.802. The molecule has 0 aliphatic heterocycles. The summed E-state index contributed by atoms with van der Waals surface area (Å²) >= 11 is 5.95. The van der Waals surface area contributed by atoms with Gasteiger partial charge in [-0.1, -0.05) is 24.6 Å². The summed E-state index contributed by atoms with van der Waals surface area (Å²) < 4.78 is 30.4. The third-order valence-electron chi connectivity index (χ3n) is 2.99. The van der Waals surface area contributed by atoms with Gasteiger partial charge in [0.25, 0.3) is 0 Å². The van der Waals surface area contributed by atoms with Gasteiger partial charge in [-0.15, -0.1) is 0 Å². The number of nitrogens with zero attached hydrogens (tertiary/aromatic N) is 1. The second kappa shape index (κ2) is 6.56. The van der Waals surface area contributed by atoms with Gasteiger partial charge >= 0.3 is 5.97 Å². The first-order chi connectivity index (χ1) is 9.20. The molecule has 0 amide bonds. The maximum Gasteiger partial charge on any atom is 0.309 e. The Morgan fingerprint density at radius 2 is 2.05 bits per heavy atom. The van der Waals surface area contributed by atoms with Crippen LogP contribution in [0, 0.1) is 12.8 Å². The fourth-order valence-electron chi connectivity index (χ4n) is 1.67. The molecule has 112 valence electrons. The molecule has 0 saturated heterocycles. The summed E-state index contributed by atoms with van der Waals surface area (Å²) in [5, 5.41) is 0.389. The molecule has 0 N–H and O–H groups in total. The number of sulfonamides is 1. The minimum Gasteiger partial charge on any atom is -0.469 e. The molecular weight excluding hydrogens is 302 g/mol. The summed E-state index contributed by atoms with van der Waals surface area (Å²) in [4.78, 5) is 11.4. The SMILES string of the molecule is COC(=O)C(C)CN(C)S(=O)(=O)c1ccc(C)c(Cl)c1. The highest BCUT2D eigenvalue weighted by atomic mass is 35.5. The Hall–Kier alpha value is -1.11. The van der Waals surface area contributed by atoms with Crippen molar-refractivity contribution in [1.29, 1.82) is 0 Å². The minimum absolute atomic E-state index is 0.0422. The fraction of sp³-hybridized carbons (Fsp3) is 0.462. The molecule has 1 unspecified atom stereocenters. The lowest BCUT2D eigenvalue weighted by atomic mass is 10.2. The maximum absolute atomic E-state index is 12.4. The van der Waals surface area contributed by atoms with E-state index in [2.05, 4.69) is 4.74 Å². The van der Waals surface area contributed by atoms with Gasteiger partial charge in [-0.25, -0.2) is 12.7 Å². The van der Waals surface area contributed by atoms with Gasteiger partial charge in [-0.05, 0) is 24.6 Å². The lowest BCUT2D eigenvalue weighted by Crippen LogP contribution is -2.34. The van der Waals surface area contributed by atoms with Crippen LogP contribution in [0.1, 0.15) is 12.5 Å². The molecule has 0 aliphatic carbocycles. The Balaban J connectivity index is 2.98. The molecule has 20 heavy (non-hydrogen) atoms. The van der Waals surface area contributed by atoms with Crippen molar-refractivity contribution in [2.75, 3.05) is 20.7 Å². The number of carbonyl (C=O) groups is 1. The highest BCUT2D eigenvalue weighted by molar-refractivity contribution is 7.89. The van der Waals surface area contributed by atoms with E-state index in [-0.39, 0.29) is 11.4 Å². The van der Waals surface area contributed by atoms with E-state index < -0.39 is 21.9 Å². The number of rotatable bonds is 5. The largest absolute Gasteiger partial charge is 0.469 e. The molecule has 1 rings (SSSR count). The Labute approximate surface area is 124 Å². The molecular formula is C13H18ClNO4S. The number of ether oxygens (including phenoxy) is 1. The molecule has 0 spiro atoms. The Kier molecular flexibility index (Phi) is 5.56. The van der Waals surface area contributed by atoms with Crippen molar-refractivity contribution < 1.29 is 17.9 Å². The van der Waals surface area contributed by atoms with E-state index >= 15 is 0 Å². The number of methoxy groups -OCH3 is 1. The Morgan fingerprint density at radius 1 is 1.45 bits per heavy atom. The van der Waals surface area contributed by atoms with E-state index in [0.29, 0.717) is 5.02 Å². The summed E-state index contributed by atoms with van der Waals surface area (Å²) in [5.74, 6) is -0.991. The number of esters is 1. The topological polar surface area (TPSA) is 63.7 Å². The first kappa shape index (κ1) is 16.9. The van der Waals surface area contributed by atoms with E-state index in [0.717, 1.165) is 9.87 Å². The highest BCUT2D eigenvalue weighted by Crippen LogP contribution is 2.22. The first-order valence-corrected chi connectivity index (χ1v) is 7.82. The average Bonchev–Trinajstić information content (AvgIpc) is 2.40. The Bertz CT molecular complexity index is 600. The number of hydrogen-bond donors (Lipinski definition) is 0. The molecule has 0 saturated carbocycles. The van der Waals surface area contributed by atoms with Crippen molar-refractivity contribution in [3.05, 3.63) is 28.8 Å². The normalized spacial score (nSPS) is 13.3. The number of aryl methyl sites for hydroxylation is 1. The van der Waals surface area contributed by atoms with Crippen LogP contribution in [-0.4, -0.2) is 39.4 Å². The third kappa shape index (κ3) is 3.71. The van der Waals surface area contributed by atoms with Crippen LogP contribution in [-0.2, 0) is 19.6 Å².